The van der Waals surface area contributed by atoms with Crippen molar-refractivity contribution < 1.29 is 9.21 Å². The molecule has 0 aliphatic carbocycles. The quantitative estimate of drug-likeness (QED) is 0.744. The average Bonchev–Trinajstić information content (AvgIpc) is 2.96. The number of carbonyl (C=O) groups is 1. The van der Waals surface area contributed by atoms with E-state index in [0.29, 0.717) is 11.3 Å². The van der Waals surface area contributed by atoms with E-state index in [1.54, 1.807) is 29.3 Å². The molecule has 17 heavy (non-hydrogen) atoms. The summed E-state index contributed by atoms with van der Waals surface area (Å²) in [6.45, 7) is 4.79. The van der Waals surface area contributed by atoms with Crippen LogP contribution in [0.5, 0.6) is 0 Å². The van der Waals surface area contributed by atoms with Crippen molar-refractivity contribution in [2.75, 3.05) is 0 Å². The minimum Gasteiger partial charge on any atom is -0.469 e. The second kappa shape index (κ2) is 4.99. The van der Waals surface area contributed by atoms with E-state index in [1.165, 1.54) is 0 Å². The van der Waals surface area contributed by atoms with Crippen LogP contribution in [0, 0.1) is 0 Å². The predicted octanol–water partition coefficient (Wildman–Crippen LogP) is 2.68. The molecule has 4 nitrogen and oxygen atoms in total. The molecule has 0 fully saturated rings. The summed E-state index contributed by atoms with van der Waals surface area (Å²) in [5, 5.41) is 4.16. The Morgan fingerprint density at radius 3 is 2.94 bits per heavy atom. The highest BCUT2D eigenvalue weighted by atomic mass is 16.3. The van der Waals surface area contributed by atoms with Crippen LogP contribution >= 0.6 is 0 Å². The maximum absolute atomic E-state index is 12.3. The van der Waals surface area contributed by atoms with Crippen LogP contribution in [-0.2, 0) is 13.0 Å². The molecule has 2 aromatic rings. The maximum atomic E-state index is 12.3. The van der Waals surface area contributed by atoms with E-state index in [1.807, 2.05) is 6.92 Å². The van der Waals surface area contributed by atoms with Gasteiger partial charge < -0.3 is 4.42 Å². The highest BCUT2D eigenvalue weighted by Gasteiger charge is 2.18. The summed E-state index contributed by atoms with van der Waals surface area (Å²) >= 11 is 0. The van der Waals surface area contributed by atoms with Crippen molar-refractivity contribution in [2.45, 2.75) is 33.2 Å². The third kappa shape index (κ3) is 2.16. The number of carbonyl (C=O) groups excluding carboxylic acids is 1. The monoisotopic (exact) mass is 232 g/mol. The first-order valence-electron chi connectivity index (χ1n) is 5.90. The fraction of sp³-hybridized carbons (Fsp3) is 0.385. The molecule has 4 heteroatoms. The molecular weight excluding hydrogens is 216 g/mol. The lowest BCUT2D eigenvalue weighted by atomic mass is 10.1. The minimum atomic E-state index is -0.0125. The van der Waals surface area contributed by atoms with E-state index in [-0.39, 0.29) is 5.78 Å². The molecule has 0 aliphatic rings. The first kappa shape index (κ1) is 11.6. The maximum Gasteiger partial charge on any atom is 0.214 e. The lowest BCUT2D eigenvalue weighted by Gasteiger charge is -2.04. The Hall–Kier alpha value is -1.84. The summed E-state index contributed by atoms with van der Waals surface area (Å²) in [5.74, 6) is 0.723. The lowest BCUT2D eigenvalue weighted by Crippen LogP contribution is -2.12. The molecule has 0 radical (unpaired) electrons. The Kier molecular flexibility index (Phi) is 3.42. The Morgan fingerprint density at radius 2 is 2.24 bits per heavy atom. The molecule has 0 bridgehead atoms. The van der Waals surface area contributed by atoms with Gasteiger partial charge in [-0.3, -0.25) is 9.48 Å². The minimum absolute atomic E-state index is 0.0125. The molecule has 0 saturated heterocycles. The van der Waals surface area contributed by atoms with Crippen molar-refractivity contribution in [3.63, 3.8) is 0 Å². The fourth-order valence-electron chi connectivity index (χ4n) is 1.87. The van der Waals surface area contributed by atoms with Gasteiger partial charge in [-0.15, -0.1) is 0 Å². The SMILES string of the molecule is CCCn1nccc1C(=O)c1ccoc1CC. The molecular formula is C13H16N2O2. The molecule has 0 N–H and O–H groups in total. The molecule has 2 heterocycles. The van der Waals surface area contributed by atoms with Crippen LogP contribution in [0.1, 0.15) is 42.1 Å². The second-order valence-electron chi connectivity index (χ2n) is 3.88. The van der Waals surface area contributed by atoms with Crippen molar-refractivity contribution in [3.05, 3.63) is 41.6 Å². The van der Waals surface area contributed by atoms with Gasteiger partial charge in [-0.2, -0.15) is 5.10 Å². The van der Waals surface area contributed by atoms with E-state index in [4.69, 9.17) is 4.42 Å². The first-order chi connectivity index (χ1) is 8.27. The zero-order valence-corrected chi connectivity index (χ0v) is 10.1. The summed E-state index contributed by atoms with van der Waals surface area (Å²) in [4.78, 5) is 12.3. The van der Waals surface area contributed by atoms with Gasteiger partial charge in [0.1, 0.15) is 11.5 Å². The molecule has 0 saturated carbocycles. The van der Waals surface area contributed by atoms with Gasteiger partial charge in [-0.05, 0) is 18.6 Å². The fourth-order valence-corrected chi connectivity index (χ4v) is 1.87. The number of rotatable bonds is 5. The second-order valence-corrected chi connectivity index (χ2v) is 3.88. The molecule has 0 aliphatic heterocycles. The van der Waals surface area contributed by atoms with Crippen molar-refractivity contribution in [3.8, 4) is 0 Å². The van der Waals surface area contributed by atoms with Gasteiger partial charge in [0.05, 0.1) is 11.8 Å². The zero-order chi connectivity index (χ0) is 12.3. The Morgan fingerprint density at radius 1 is 1.41 bits per heavy atom. The van der Waals surface area contributed by atoms with Crippen molar-refractivity contribution in [2.24, 2.45) is 0 Å². The molecule has 2 aromatic heterocycles. The Labute approximate surface area is 100 Å². The molecule has 0 aromatic carbocycles. The van der Waals surface area contributed by atoms with Gasteiger partial charge in [-0.1, -0.05) is 13.8 Å². The van der Waals surface area contributed by atoms with Gasteiger partial charge in [-0.25, -0.2) is 0 Å². The number of hydrogen-bond donors (Lipinski definition) is 0. The highest BCUT2D eigenvalue weighted by Crippen LogP contribution is 2.16. The summed E-state index contributed by atoms with van der Waals surface area (Å²) in [6, 6.07) is 3.48. The van der Waals surface area contributed by atoms with Gasteiger partial charge in [0.2, 0.25) is 5.78 Å². The number of ketones is 1. The van der Waals surface area contributed by atoms with Crippen LogP contribution in [0.4, 0.5) is 0 Å². The zero-order valence-electron chi connectivity index (χ0n) is 10.1. The number of aromatic nitrogens is 2. The summed E-state index contributed by atoms with van der Waals surface area (Å²) in [7, 11) is 0. The molecule has 0 atom stereocenters. The molecule has 0 spiro atoms. The Balaban J connectivity index is 2.34. The Bertz CT molecular complexity index is 511. The van der Waals surface area contributed by atoms with E-state index in [0.717, 1.165) is 25.1 Å². The van der Waals surface area contributed by atoms with Gasteiger partial charge in [0.15, 0.2) is 0 Å². The van der Waals surface area contributed by atoms with E-state index in [9.17, 15) is 4.79 Å². The van der Waals surface area contributed by atoms with E-state index < -0.39 is 0 Å². The number of nitrogens with zero attached hydrogens (tertiary/aromatic N) is 2. The smallest absolute Gasteiger partial charge is 0.214 e. The third-order valence-electron chi connectivity index (χ3n) is 2.70. The van der Waals surface area contributed by atoms with Crippen LogP contribution in [0.3, 0.4) is 0 Å². The summed E-state index contributed by atoms with van der Waals surface area (Å²) < 4.78 is 7.03. The third-order valence-corrected chi connectivity index (χ3v) is 2.70. The molecule has 0 amide bonds. The van der Waals surface area contributed by atoms with Crippen LogP contribution in [0.2, 0.25) is 0 Å². The van der Waals surface area contributed by atoms with Crippen molar-refractivity contribution in [1.29, 1.82) is 0 Å². The van der Waals surface area contributed by atoms with Crippen LogP contribution in [0.25, 0.3) is 0 Å². The topological polar surface area (TPSA) is 48.0 Å². The number of aryl methyl sites for hydroxylation is 2. The average molecular weight is 232 g/mol. The van der Waals surface area contributed by atoms with Crippen molar-refractivity contribution >= 4 is 5.78 Å². The standard InChI is InChI=1S/C13H16N2O2/c1-3-8-15-11(5-7-14-15)13(16)10-6-9-17-12(10)4-2/h5-7,9H,3-4,8H2,1-2H3. The van der Waals surface area contributed by atoms with Crippen LogP contribution in [0.15, 0.2) is 29.0 Å². The van der Waals surface area contributed by atoms with Crippen molar-refractivity contribution in [1.82, 2.24) is 9.78 Å². The number of furan rings is 1. The largest absolute Gasteiger partial charge is 0.469 e. The molecule has 0 unspecified atom stereocenters. The predicted molar refractivity (Wildman–Crippen MR) is 64.0 cm³/mol. The summed E-state index contributed by atoms with van der Waals surface area (Å²) in [5.41, 5.74) is 1.27. The lowest BCUT2D eigenvalue weighted by molar-refractivity contribution is 0.102. The highest BCUT2D eigenvalue weighted by molar-refractivity contribution is 6.08. The van der Waals surface area contributed by atoms with E-state index >= 15 is 0 Å². The van der Waals surface area contributed by atoms with E-state index in [2.05, 4.69) is 12.0 Å². The first-order valence-corrected chi connectivity index (χ1v) is 5.90. The van der Waals surface area contributed by atoms with Gasteiger partial charge >= 0.3 is 0 Å². The molecule has 90 valence electrons. The van der Waals surface area contributed by atoms with Crippen LogP contribution in [-0.4, -0.2) is 15.6 Å². The van der Waals surface area contributed by atoms with Gasteiger partial charge in [0.25, 0.3) is 0 Å². The summed E-state index contributed by atoms with van der Waals surface area (Å²) in [6.07, 6.45) is 4.89. The normalized spacial score (nSPS) is 10.7. The molecule has 2 rings (SSSR count). The van der Waals surface area contributed by atoms with Crippen LogP contribution < -0.4 is 0 Å². The number of hydrogen-bond acceptors (Lipinski definition) is 3. The van der Waals surface area contributed by atoms with Gasteiger partial charge in [0, 0.05) is 19.2 Å².